The summed E-state index contributed by atoms with van der Waals surface area (Å²) in [6.07, 6.45) is 8.17. The summed E-state index contributed by atoms with van der Waals surface area (Å²) < 4.78 is 0. The first-order valence-electron chi connectivity index (χ1n) is 3.88. The Kier molecular flexibility index (Phi) is 7.15. The normalized spacial score (nSPS) is 16.7. The molecule has 54 valence electrons. The van der Waals surface area contributed by atoms with Crippen LogP contribution in [0.4, 0.5) is 0 Å². The van der Waals surface area contributed by atoms with E-state index in [4.69, 9.17) is 0 Å². The molecule has 0 atom stereocenters. The molecule has 0 saturated carbocycles. The lowest BCUT2D eigenvalue weighted by atomic mass is 10.2. The molecule has 0 spiro atoms. The Morgan fingerprint density at radius 3 is 2.78 bits per heavy atom. The van der Waals surface area contributed by atoms with Crippen molar-refractivity contribution >= 4 is 0 Å². The molecule has 1 heterocycles. The lowest BCUT2D eigenvalue weighted by molar-refractivity contribution is 0.730. The topological polar surface area (TPSA) is 12.0 Å². The summed E-state index contributed by atoms with van der Waals surface area (Å²) in [7, 11) is 0. The number of hydrogen-bond donors (Lipinski definition) is 1. The van der Waals surface area contributed by atoms with Gasteiger partial charge in [0.25, 0.3) is 0 Å². The van der Waals surface area contributed by atoms with Crippen LogP contribution < -0.4 is 5.32 Å². The van der Waals surface area contributed by atoms with Crippen LogP contribution in [0.1, 0.15) is 33.1 Å². The summed E-state index contributed by atoms with van der Waals surface area (Å²) in [6.45, 7) is 5.16. The molecule has 1 aliphatic rings. The highest BCUT2D eigenvalue weighted by molar-refractivity contribution is 4.81. The van der Waals surface area contributed by atoms with Gasteiger partial charge in [0.2, 0.25) is 0 Å². The fraction of sp³-hybridized carbons (Fsp3) is 0.750. The van der Waals surface area contributed by atoms with E-state index in [9.17, 15) is 0 Å². The highest BCUT2D eigenvalue weighted by Gasteiger charge is 1.86. The molecule has 0 aromatic carbocycles. The third-order valence-electron chi connectivity index (χ3n) is 1.18. The SMILES string of the molecule is C1=CNCCCC1.CC. The number of hydrogen-bond acceptors (Lipinski definition) is 1. The van der Waals surface area contributed by atoms with Crippen LogP contribution in [-0.4, -0.2) is 6.54 Å². The van der Waals surface area contributed by atoms with Gasteiger partial charge in [-0.25, -0.2) is 0 Å². The van der Waals surface area contributed by atoms with Gasteiger partial charge in [-0.1, -0.05) is 19.9 Å². The molecule has 0 saturated heterocycles. The highest BCUT2D eigenvalue weighted by Crippen LogP contribution is 1.97. The van der Waals surface area contributed by atoms with Crippen LogP contribution in [0.25, 0.3) is 0 Å². The van der Waals surface area contributed by atoms with Gasteiger partial charge in [0.05, 0.1) is 0 Å². The lowest BCUT2D eigenvalue weighted by Crippen LogP contribution is -2.03. The summed E-state index contributed by atoms with van der Waals surface area (Å²) in [6, 6.07) is 0. The molecule has 1 N–H and O–H groups in total. The highest BCUT2D eigenvalue weighted by atomic mass is 14.8. The van der Waals surface area contributed by atoms with E-state index in [0.717, 1.165) is 6.54 Å². The van der Waals surface area contributed by atoms with Crippen LogP contribution in [0.3, 0.4) is 0 Å². The minimum Gasteiger partial charge on any atom is -0.391 e. The summed E-state index contributed by atoms with van der Waals surface area (Å²) in [4.78, 5) is 0. The Balaban J connectivity index is 0.000000291. The van der Waals surface area contributed by atoms with Crippen LogP contribution in [-0.2, 0) is 0 Å². The predicted molar refractivity (Wildman–Crippen MR) is 42.3 cm³/mol. The Morgan fingerprint density at radius 1 is 1.22 bits per heavy atom. The van der Waals surface area contributed by atoms with Crippen LogP contribution in [0.15, 0.2) is 12.3 Å². The van der Waals surface area contributed by atoms with E-state index in [1.807, 2.05) is 20.0 Å². The number of rotatable bonds is 0. The van der Waals surface area contributed by atoms with E-state index >= 15 is 0 Å². The van der Waals surface area contributed by atoms with Crippen molar-refractivity contribution in [3.63, 3.8) is 0 Å². The number of allylic oxidation sites excluding steroid dienone is 1. The maximum Gasteiger partial charge on any atom is 0.0141 e. The van der Waals surface area contributed by atoms with Gasteiger partial charge in [-0.15, -0.1) is 0 Å². The van der Waals surface area contributed by atoms with Gasteiger partial charge < -0.3 is 5.32 Å². The average Bonchev–Trinajstić information content (AvgIpc) is 2.21. The molecule has 1 aliphatic heterocycles. The lowest BCUT2D eigenvalue weighted by Gasteiger charge is -1.90. The number of nitrogens with one attached hydrogen (secondary N) is 1. The molecule has 1 heteroatoms. The van der Waals surface area contributed by atoms with E-state index in [-0.39, 0.29) is 0 Å². The molecule has 0 aromatic heterocycles. The molecular weight excluding hydrogens is 110 g/mol. The minimum absolute atomic E-state index is 1.16. The molecule has 0 fully saturated rings. The van der Waals surface area contributed by atoms with Gasteiger partial charge in [-0.3, -0.25) is 0 Å². The predicted octanol–water partition coefficient (Wildman–Crippen LogP) is 2.30. The fourth-order valence-electron chi connectivity index (χ4n) is 0.739. The Morgan fingerprint density at radius 2 is 2.00 bits per heavy atom. The molecule has 0 radical (unpaired) electrons. The van der Waals surface area contributed by atoms with Gasteiger partial charge >= 0.3 is 0 Å². The Hall–Kier alpha value is -0.460. The third kappa shape index (κ3) is 5.41. The monoisotopic (exact) mass is 127 g/mol. The maximum atomic E-state index is 3.17. The zero-order valence-corrected chi connectivity index (χ0v) is 6.48. The smallest absolute Gasteiger partial charge is 0.0141 e. The van der Waals surface area contributed by atoms with E-state index < -0.39 is 0 Å². The van der Waals surface area contributed by atoms with E-state index in [1.54, 1.807) is 0 Å². The Bertz CT molecular complexity index is 59.0. The third-order valence-corrected chi connectivity index (χ3v) is 1.18. The molecule has 0 amide bonds. The summed E-state index contributed by atoms with van der Waals surface area (Å²) in [5, 5.41) is 3.17. The fourth-order valence-corrected chi connectivity index (χ4v) is 0.739. The van der Waals surface area contributed by atoms with Crippen molar-refractivity contribution in [3.05, 3.63) is 12.3 Å². The van der Waals surface area contributed by atoms with Crippen molar-refractivity contribution in [2.24, 2.45) is 0 Å². The molecule has 0 bridgehead atoms. The minimum atomic E-state index is 1.16. The van der Waals surface area contributed by atoms with E-state index in [0.29, 0.717) is 0 Å². The second kappa shape index (κ2) is 7.54. The van der Waals surface area contributed by atoms with Gasteiger partial charge in [0.15, 0.2) is 0 Å². The quantitative estimate of drug-likeness (QED) is 0.526. The van der Waals surface area contributed by atoms with Crippen LogP contribution in [0.2, 0.25) is 0 Å². The van der Waals surface area contributed by atoms with Crippen LogP contribution in [0.5, 0.6) is 0 Å². The van der Waals surface area contributed by atoms with Crippen molar-refractivity contribution in [3.8, 4) is 0 Å². The van der Waals surface area contributed by atoms with Gasteiger partial charge in [0, 0.05) is 6.54 Å². The largest absolute Gasteiger partial charge is 0.391 e. The molecule has 1 nitrogen and oxygen atoms in total. The summed E-state index contributed by atoms with van der Waals surface area (Å²) >= 11 is 0. The van der Waals surface area contributed by atoms with Crippen molar-refractivity contribution in [2.75, 3.05) is 6.54 Å². The zero-order valence-electron chi connectivity index (χ0n) is 6.48. The molecule has 0 unspecified atom stereocenters. The van der Waals surface area contributed by atoms with Crippen molar-refractivity contribution in [1.29, 1.82) is 0 Å². The first-order valence-corrected chi connectivity index (χ1v) is 3.88. The second-order valence-corrected chi connectivity index (χ2v) is 1.85. The molecule has 9 heavy (non-hydrogen) atoms. The van der Waals surface area contributed by atoms with E-state index in [2.05, 4.69) is 11.4 Å². The Labute approximate surface area is 58.2 Å². The molecule has 1 rings (SSSR count). The van der Waals surface area contributed by atoms with Gasteiger partial charge in [0.1, 0.15) is 0 Å². The first-order chi connectivity index (χ1) is 4.50. The van der Waals surface area contributed by atoms with Crippen molar-refractivity contribution < 1.29 is 0 Å². The standard InChI is InChI=1S/C6H11N.C2H6/c1-2-4-6-7-5-3-1;1-2/h3,5,7H,1-2,4,6H2;1-2H3. The maximum absolute atomic E-state index is 3.17. The molecular formula is C8H17N. The average molecular weight is 127 g/mol. The van der Waals surface area contributed by atoms with Gasteiger partial charge in [-0.05, 0) is 25.5 Å². The van der Waals surface area contributed by atoms with Crippen LogP contribution in [0, 0.1) is 0 Å². The van der Waals surface area contributed by atoms with Crippen LogP contribution >= 0.6 is 0 Å². The second-order valence-electron chi connectivity index (χ2n) is 1.85. The molecule has 0 aliphatic carbocycles. The van der Waals surface area contributed by atoms with Crippen molar-refractivity contribution in [2.45, 2.75) is 33.1 Å². The van der Waals surface area contributed by atoms with Gasteiger partial charge in [-0.2, -0.15) is 0 Å². The summed E-state index contributed by atoms with van der Waals surface area (Å²) in [5.74, 6) is 0. The molecule has 0 aromatic rings. The first kappa shape index (κ1) is 8.54. The van der Waals surface area contributed by atoms with E-state index in [1.165, 1.54) is 19.3 Å². The zero-order chi connectivity index (χ0) is 6.95. The van der Waals surface area contributed by atoms with Crippen molar-refractivity contribution in [1.82, 2.24) is 5.32 Å². The summed E-state index contributed by atoms with van der Waals surface area (Å²) in [5.41, 5.74) is 0.